The van der Waals surface area contributed by atoms with E-state index in [1.807, 2.05) is 12.1 Å². The fourth-order valence-electron chi connectivity index (χ4n) is 3.04. The maximum Gasteiger partial charge on any atom is 0.285 e. The van der Waals surface area contributed by atoms with Crippen LogP contribution in [0.3, 0.4) is 0 Å². The van der Waals surface area contributed by atoms with Crippen molar-refractivity contribution in [1.29, 1.82) is 0 Å². The van der Waals surface area contributed by atoms with Gasteiger partial charge in [-0.3, -0.25) is 5.43 Å². The Morgan fingerprint density at radius 1 is 1.04 bits per heavy atom. The fourth-order valence-corrected chi connectivity index (χ4v) is 4.21. The maximum atomic E-state index is 12.0. The van der Waals surface area contributed by atoms with Gasteiger partial charge in [-0.05, 0) is 42.7 Å². The number of hydrazone groups is 1. The number of nitrogens with one attached hydrogen (secondary N) is 1. The molecule has 0 aromatic heterocycles. The highest BCUT2D eigenvalue weighted by Crippen LogP contribution is 2.24. The van der Waals surface area contributed by atoms with Crippen LogP contribution in [0.15, 0.2) is 62.9 Å². The van der Waals surface area contributed by atoms with Crippen LogP contribution in [0.1, 0.15) is 37.8 Å². The van der Waals surface area contributed by atoms with E-state index in [4.69, 9.17) is 0 Å². The Morgan fingerprint density at radius 2 is 1.70 bits per heavy atom. The summed E-state index contributed by atoms with van der Waals surface area (Å²) in [5.74, 6) is 0.246. The van der Waals surface area contributed by atoms with Gasteiger partial charge in [-0.15, -0.1) is 4.40 Å². The third kappa shape index (κ3) is 4.36. The van der Waals surface area contributed by atoms with Crippen LogP contribution in [0, 0.1) is 0 Å². The highest BCUT2D eigenvalue weighted by atomic mass is 32.2. The van der Waals surface area contributed by atoms with Gasteiger partial charge in [-0.2, -0.15) is 13.5 Å². The van der Waals surface area contributed by atoms with Gasteiger partial charge in [0.25, 0.3) is 10.0 Å². The molecule has 3 rings (SSSR count). The Bertz CT molecular complexity index is 944. The van der Waals surface area contributed by atoms with Gasteiger partial charge in [-0.1, -0.05) is 38.1 Å². The largest absolute Gasteiger partial charge is 0.372 e. The molecule has 0 radical (unpaired) electrons. The molecule has 7 heteroatoms. The zero-order valence-electron chi connectivity index (χ0n) is 15.6. The predicted octanol–water partition coefficient (Wildman–Crippen LogP) is 3.39. The number of hydrogen-bond donors (Lipinski definition) is 1. The zero-order chi connectivity index (χ0) is 19.3. The predicted molar refractivity (Wildman–Crippen MR) is 110 cm³/mol. The van der Waals surface area contributed by atoms with Gasteiger partial charge in [0.05, 0.1) is 6.21 Å². The molecule has 0 unspecified atom stereocenters. The van der Waals surface area contributed by atoms with E-state index >= 15 is 0 Å². The van der Waals surface area contributed by atoms with Crippen LogP contribution in [-0.2, 0) is 10.0 Å². The van der Waals surface area contributed by atoms with Gasteiger partial charge in [-0.25, -0.2) is 0 Å². The van der Waals surface area contributed by atoms with Gasteiger partial charge in [0.2, 0.25) is 0 Å². The van der Waals surface area contributed by atoms with E-state index in [2.05, 4.69) is 45.8 Å². The topological polar surface area (TPSA) is 74.1 Å². The van der Waals surface area contributed by atoms with Crippen molar-refractivity contribution >= 4 is 27.8 Å². The first-order chi connectivity index (χ1) is 13.0. The third-order valence-electron chi connectivity index (χ3n) is 4.26. The van der Waals surface area contributed by atoms with Crippen LogP contribution in [0.5, 0.6) is 0 Å². The molecule has 0 spiro atoms. The molecule has 0 saturated carbocycles. The van der Waals surface area contributed by atoms with E-state index in [0.29, 0.717) is 5.56 Å². The standard InChI is InChI=1S/C20H24N4O2S/c1-3-13-24(14-4-2)17-11-9-16(10-12-17)15-21-22-20-18-7-5-6-8-19(18)27(25,26)23-20/h5-12,15H,3-4,13-14H2,1-2H3,(H,22,23)/b21-15+. The van der Waals surface area contributed by atoms with Crippen molar-refractivity contribution < 1.29 is 8.42 Å². The summed E-state index contributed by atoms with van der Waals surface area (Å²) in [6.07, 6.45) is 3.88. The minimum absolute atomic E-state index is 0.207. The molecule has 27 heavy (non-hydrogen) atoms. The molecule has 2 aromatic carbocycles. The molecule has 0 atom stereocenters. The second-order valence-electron chi connectivity index (χ2n) is 6.36. The highest BCUT2D eigenvalue weighted by molar-refractivity contribution is 7.90. The summed E-state index contributed by atoms with van der Waals surface area (Å²) in [6.45, 7) is 6.44. The molecule has 142 valence electrons. The lowest BCUT2D eigenvalue weighted by molar-refractivity contribution is 0.599. The molecule has 0 saturated heterocycles. The summed E-state index contributed by atoms with van der Waals surface area (Å²) in [6, 6.07) is 14.9. The smallest absolute Gasteiger partial charge is 0.285 e. The summed E-state index contributed by atoms with van der Waals surface area (Å²) in [4.78, 5) is 2.58. The third-order valence-corrected chi connectivity index (χ3v) is 5.60. The van der Waals surface area contributed by atoms with Gasteiger partial charge in [0.1, 0.15) is 4.90 Å². The molecule has 0 aliphatic carbocycles. The fraction of sp³-hybridized carbons (Fsp3) is 0.300. The number of amidine groups is 1. The van der Waals surface area contributed by atoms with Gasteiger partial charge >= 0.3 is 0 Å². The molecular weight excluding hydrogens is 360 g/mol. The summed E-state index contributed by atoms with van der Waals surface area (Å²) < 4.78 is 27.8. The van der Waals surface area contributed by atoms with Gasteiger partial charge in [0.15, 0.2) is 5.84 Å². The van der Waals surface area contributed by atoms with Crippen molar-refractivity contribution in [3.63, 3.8) is 0 Å². The van der Waals surface area contributed by atoms with E-state index < -0.39 is 10.0 Å². The molecule has 0 fully saturated rings. The molecular formula is C20H24N4O2S. The van der Waals surface area contributed by atoms with Gasteiger partial charge < -0.3 is 4.90 Å². The second-order valence-corrected chi connectivity index (χ2v) is 7.93. The Balaban J connectivity index is 1.69. The van der Waals surface area contributed by atoms with E-state index in [1.165, 1.54) is 5.69 Å². The van der Waals surface area contributed by atoms with Gasteiger partial charge in [0, 0.05) is 24.3 Å². The number of sulfonamides is 1. The molecule has 1 heterocycles. The van der Waals surface area contributed by atoms with E-state index in [-0.39, 0.29) is 10.7 Å². The molecule has 1 N–H and O–H groups in total. The van der Waals surface area contributed by atoms with E-state index in [0.717, 1.165) is 31.5 Å². The zero-order valence-corrected chi connectivity index (χ0v) is 16.4. The van der Waals surface area contributed by atoms with Crippen LogP contribution >= 0.6 is 0 Å². The molecule has 6 nitrogen and oxygen atoms in total. The second kappa shape index (κ2) is 8.35. The number of nitrogens with zero attached hydrogens (tertiary/aromatic N) is 3. The number of benzene rings is 2. The Kier molecular flexibility index (Phi) is 5.91. The first-order valence-corrected chi connectivity index (χ1v) is 10.6. The van der Waals surface area contributed by atoms with E-state index in [1.54, 1.807) is 30.5 Å². The van der Waals surface area contributed by atoms with Crippen LogP contribution < -0.4 is 10.3 Å². The summed E-state index contributed by atoms with van der Waals surface area (Å²) in [7, 11) is -3.63. The number of hydrogen-bond acceptors (Lipinski definition) is 5. The molecule has 0 bridgehead atoms. The minimum atomic E-state index is -3.63. The van der Waals surface area contributed by atoms with Crippen molar-refractivity contribution in [2.45, 2.75) is 31.6 Å². The first kappa shape index (κ1) is 19.1. The Labute approximate surface area is 160 Å². The lowest BCUT2D eigenvalue weighted by Crippen LogP contribution is -2.24. The quantitative estimate of drug-likeness (QED) is 0.587. The molecule has 1 aliphatic rings. The van der Waals surface area contributed by atoms with Crippen molar-refractivity contribution in [3.8, 4) is 0 Å². The summed E-state index contributed by atoms with van der Waals surface area (Å²) >= 11 is 0. The molecule has 0 amide bonds. The van der Waals surface area contributed by atoms with Crippen LogP contribution in [-0.4, -0.2) is 33.6 Å². The summed E-state index contributed by atoms with van der Waals surface area (Å²) in [5, 5.41) is 4.15. The van der Waals surface area contributed by atoms with Crippen molar-refractivity contribution in [2.75, 3.05) is 18.0 Å². The number of rotatable bonds is 7. The minimum Gasteiger partial charge on any atom is -0.372 e. The lowest BCUT2D eigenvalue weighted by atomic mass is 10.2. The summed E-state index contributed by atoms with van der Waals surface area (Å²) in [5.41, 5.74) is 5.41. The Morgan fingerprint density at radius 3 is 2.37 bits per heavy atom. The monoisotopic (exact) mass is 384 g/mol. The van der Waals surface area contributed by atoms with Crippen LogP contribution in [0.25, 0.3) is 0 Å². The molecule has 2 aromatic rings. The van der Waals surface area contributed by atoms with E-state index in [9.17, 15) is 8.42 Å². The van der Waals surface area contributed by atoms with Crippen molar-refractivity contribution in [3.05, 3.63) is 59.7 Å². The highest BCUT2D eigenvalue weighted by Gasteiger charge is 2.28. The van der Waals surface area contributed by atoms with Crippen molar-refractivity contribution in [1.82, 2.24) is 5.43 Å². The lowest BCUT2D eigenvalue weighted by Gasteiger charge is -2.23. The van der Waals surface area contributed by atoms with Crippen molar-refractivity contribution in [2.24, 2.45) is 9.50 Å². The normalized spacial score (nSPS) is 14.8. The molecule has 1 aliphatic heterocycles. The average molecular weight is 385 g/mol. The first-order valence-electron chi connectivity index (χ1n) is 9.13. The number of fused-ring (bicyclic) bond motifs is 1. The van der Waals surface area contributed by atoms with Crippen LogP contribution in [0.2, 0.25) is 0 Å². The maximum absolute atomic E-state index is 12.0. The Hall–Kier alpha value is -2.67. The van der Waals surface area contributed by atoms with Crippen LogP contribution in [0.4, 0.5) is 5.69 Å². The average Bonchev–Trinajstić information content (AvgIpc) is 2.93. The SMILES string of the molecule is CCCN(CCC)c1ccc(/C=N/NC2=NS(=O)(=O)c3ccccc32)cc1. The number of anilines is 1.